The Morgan fingerprint density at radius 3 is 2.84 bits per heavy atom. The van der Waals surface area contributed by atoms with Crippen LogP contribution in [-0.4, -0.2) is 16.8 Å². The van der Waals surface area contributed by atoms with Gasteiger partial charge in [0.15, 0.2) is 0 Å². The number of hydrogen-bond donors (Lipinski definition) is 2. The molecule has 0 aliphatic rings. The number of carbonyl (C=O) groups is 1. The summed E-state index contributed by atoms with van der Waals surface area (Å²) in [6.07, 6.45) is 0. The number of anilines is 1. The SMILES string of the molecule is CC(=NO)c1cccc(NC(=O)c2sccc2Br)c1. The number of benzene rings is 1. The zero-order chi connectivity index (χ0) is 13.8. The Morgan fingerprint density at radius 2 is 2.21 bits per heavy atom. The van der Waals surface area contributed by atoms with Crippen molar-refractivity contribution in [2.75, 3.05) is 5.32 Å². The van der Waals surface area contributed by atoms with E-state index in [-0.39, 0.29) is 5.91 Å². The first-order chi connectivity index (χ1) is 9.11. The van der Waals surface area contributed by atoms with Crippen LogP contribution in [0.3, 0.4) is 0 Å². The van der Waals surface area contributed by atoms with Crippen LogP contribution in [0.1, 0.15) is 22.2 Å². The molecule has 19 heavy (non-hydrogen) atoms. The number of halogens is 1. The van der Waals surface area contributed by atoms with Gasteiger partial charge in [-0.3, -0.25) is 4.79 Å². The van der Waals surface area contributed by atoms with E-state index in [1.54, 1.807) is 25.1 Å². The van der Waals surface area contributed by atoms with Crippen LogP contribution in [0.25, 0.3) is 0 Å². The molecule has 1 amide bonds. The third kappa shape index (κ3) is 3.21. The van der Waals surface area contributed by atoms with Gasteiger partial charge in [0, 0.05) is 15.7 Å². The van der Waals surface area contributed by atoms with Crippen molar-refractivity contribution in [3.8, 4) is 0 Å². The minimum Gasteiger partial charge on any atom is -0.411 e. The molecule has 0 unspecified atom stereocenters. The Hall–Kier alpha value is -1.66. The first-order valence-corrected chi connectivity index (χ1v) is 7.12. The fourth-order valence-electron chi connectivity index (χ4n) is 1.52. The molecule has 0 radical (unpaired) electrons. The van der Waals surface area contributed by atoms with E-state index in [4.69, 9.17) is 5.21 Å². The number of rotatable bonds is 3. The summed E-state index contributed by atoms with van der Waals surface area (Å²) in [5, 5.41) is 16.5. The maximum atomic E-state index is 12.0. The summed E-state index contributed by atoms with van der Waals surface area (Å²) < 4.78 is 0.777. The van der Waals surface area contributed by atoms with Gasteiger partial charge in [-0.2, -0.15) is 0 Å². The fourth-order valence-corrected chi connectivity index (χ4v) is 2.97. The molecule has 0 fully saturated rings. The molecule has 6 heteroatoms. The molecule has 2 aromatic rings. The summed E-state index contributed by atoms with van der Waals surface area (Å²) >= 11 is 4.70. The van der Waals surface area contributed by atoms with Gasteiger partial charge in [-0.05, 0) is 46.4 Å². The van der Waals surface area contributed by atoms with Crippen LogP contribution in [0.2, 0.25) is 0 Å². The molecule has 1 heterocycles. The smallest absolute Gasteiger partial charge is 0.266 e. The average Bonchev–Trinajstić information content (AvgIpc) is 2.84. The van der Waals surface area contributed by atoms with E-state index in [0.717, 1.165) is 10.0 Å². The van der Waals surface area contributed by atoms with Crippen molar-refractivity contribution in [3.63, 3.8) is 0 Å². The molecular formula is C13H11BrN2O2S. The first kappa shape index (κ1) is 13.8. The van der Waals surface area contributed by atoms with Gasteiger partial charge in [-0.15, -0.1) is 11.3 Å². The van der Waals surface area contributed by atoms with Crippen molar-refractivity contribution in [1.82, 2.24) is 0 Å². The van der Waals surface area contributed by atoms with Crippen molar-refractivity contribution in [3.05, 3.63) is 50.6 Å². The van der Waals surface area contributed by atoms with Crippen molar-refractivity contribution in [2.24, 2.45) is 5.16 Å². The van der Waals surface area contributed by atoms with Crippen molar-refractivity contribution in [2.45, 2.75) is 6.92 Å². The van der Waals surface area contributed by atoms with E-state index in [9.17, 15) is 4.79 Å². The molecule has 2 rings (SSSR count). The zero-order valence-corrected chi connectivity index (χ0v) is 12.5. The first-order valence-electron chi connectivity index (χ1n) is 5.45. The highest BCUT2D eigenvalue weighted by molar-refractivity contribution is 9.10. The normalized spacial score (nSPS) is 11.4. The van der Waals surface area contributed by atoms with Gasteiger partial charge in [0.05, 0.1) is 5.71 Å². The van der Waals surface area contributed by atoms with Gasteiger partial charge in [0.1, 0.15) is 4.88 Å². The van der Waals surface area contributed by atoms with Gasteiger partial charge in [0.2, 0.25) is 0 Å². The molecule has 0 bridgehead atoms. The van der Waals surface area contributed by atoms with E-state index in [2.05, 4.69) is 26.4 Å². The zero-order valence-electron chi connectivity index (χ0n) is 10.1. The second kappa shape index (κ2) is 5.99. The van der Waals surface area contributed by atoms with Crippen LogP contribution < -0.4 is 5.32 Å². The third-order valence-corrected chi connectivity index (χ3v) is 4.35. The molecule has 0 aliphatic carbocycles. The highest BCUT2D eigenvalue weighted by Gasteiger charge is 2.12. The molecule has 1 aromatic carbocycles. The Balaban J connectivity index is 2.20. The van der Waals surface area contributed by atoms with Crippen LogP contribution in [0.15, 0.2) is 45.3 Å². The molecule has 0 aliphatic heterocycles. The Labute approximate surface area is 122 Å². The van der Waals surface area contributed by atoms with Gasteiger partial charge in [-0.25, -0.2) is 0 Å². The number of carbonyl (C=O) groups excluding carboxylic acids is 1. The lowest BCUT2D eigenvalue weighted by atomic mass is 10.1. The van der Waals surface area contributed by atoms with Crippen LogP contribution in [0.5, 0.6) is 0 Å². The van der Waals surface area contributed by atoms with Crippen LogP contribution >= 0.6 is 27.3 Å². The monoisotopic (exact) mass is 338 g/mol. The van der Waals surface area contributed by atoms with Crippen molar-refractivity contribution < 1.29 is 10.0 Å². The summed E-state index contributed by atoms with van der Waals surface area (Å²) in [5.41, 5.74) is 1.91. The van der Waals surface area contributed by atoms with Crippen molar-refractivity contribution >= 4 is 44.6 Å². The fraction of sp³-hybridized carbons (Fsp3) is 0.0769. The number of oxime groups is 1. The predicted octanol–water partition coefficient (Wildman–Crippen LogP) is 3.96. The lowest BCUT2D eigenvalue weighted by molar-refractivity contribution is 0.103. The number of nitrogens with one attached hydrogen (secondary N) is 1. The standard InChI is InChI=1S/C13H11BrN2O2S/c1-8(16-18)9-3-2-4-10(7-9)15-13(17)12-11(14)5-6-19-12/h2-7,18H,1H3,(H,15,17). The molecule has 4 nitrogen and oxygen atoms in total. The average molecular weight is 339 g/mol. The van der Waals surface area contributed by atoms with Gasteiger partial charge in [-0.1, -0.05) is 17.3 Å². The van der Waals surface area contributed by atoms with E-state index in [1.165, 1.54) is 11.3 Å². The van der Waals surface area contributed by atoms with Gasteiger partial charge >= 0.3 is 0 Å². The summed E-state index contributed by atoms with van der Waals surface area (Å²) in [6.45, 7) is 1.69. The molecule has 1 aromatic heterocycles. The largest absolute Gasteiger partial charge is 0.411 e. The van der Waals surface area contributed by atoms with E-state index >= 15 is 0 Å². The van der Waals surface area contributed by atoms with E-state index in [0.29, 0.717) is 16.3 Å². The molecule has 0 spiro atoms. The number of amides is 1. The second-order valence-electron chi connectivity index (χ2n) is 3.82. The lowest BCUT2D eigenvalue weighted by Crippen LogP contribution is -2.11. The number of thiophene rings is 1. The molecule has 0 saturated carbocycles. The minimum atomic E-state index is -0.169. The predicted molar refractivity (Wildman–Crippen MR) is 80.4 cm³/mol. The molecule has 98 valence electrons. The summed E-state index contributed by atoms with van der Waals surface area (Å²) in [5.74, 6) is -0.169. The topological polar surface area (TPSA) is 61.7 Å². The number of hydrogen-bond acceptors (Lipinski definition) is 4. The lowest BCUT2D eigenvalue weighted by Gasteiger charge is -2.06. The van der Waals surface area contributed by atoms with Crippen molar-refractivity contribution in [1.29, 1.82) is 0 Å². The Morgan fingerprint density at radius 1 is 1.42 bits per heavy atom. The Kier molecular flexibility index (Phi) is 4.34. The maximum absolute atomic E-state index is 12.0. The van der Waals surface area contributed by atoms with Crippen LogP contribution in [0.4, 0.5) is 5.69 Å². The summed E-state index contributed by atoms with van der Waals surface area (Å²) in [6, 6.07) is 8.98. The quantitative estimate of drug-likeness (QED) is 0.505. The molecule has 2 N–H and O–H groups in total. The van der Waals surface area contributed by atoms with E-state index in [1.807, 2.05) is 17.5 Å². The highest BCUT2D eigenvalue weighted by atomic mass is 79.9. The van der Waals surface area contributed by atoms with Gasteiger partial charge < -0.3 is 10.5 Å². The third-order valence-electron chi connectivity index (χ3n) is 2.51. The van der Waals surface area contributed by atoms with E-state index < -0.39 is 0 Å². The molecular weight excluding hydrogens is 328 g/mol. The number of nitrogens with zero attached hydrogens (tertiary/aromatic N) is 1. The highest BCUT2D eigenvalue weighted by Crippen LogP contribution is 2.24. The Bertz CT molecular complexity index is 637. The van der Waals surface area contributed by atoms with Gasteiger partial charge in [0.25, 0.3) is 5.91 Å². The summed E-state index contributed by atoms with van der Waals surface area (Å²) in [4.78, 5) is 12.7. The maximum Gasteiger partial charge on any atom is 0.266 e. The minimum absolute atomic E-state index is 0.169. The van der Waals surface area contributed by atoms with Crippen LogP contribution in [-0.2, 0) is 0 Å². The second-order valence-corrected chi connectivity index (χ2v) is 5.59. The summed E-state index contributed by atoms with van der Waals surface area (Å²) in [7, 11) is 0. The molecule has 0 saturated heterocycles. The van der Waals surface area contributed by atoms with Crippen LogP contribution in [0, 0.1) is 0 Å². The molecule has 0 atom stereocenters.